The Kier molecular flexibility index (Phi) is 7.33. The summed E-state index contributed by atoms with van der Waals surface area (Å²) in [6, 6.07) is 6.84. The van der Waals surface area contributed by atoms with Crippen molar-refractivity contribution in [3.8, 4) is 0 Å². The Labute approximate surface area is 187 Å². The van der Waals surface area contributed by atoms with Crippen LogP contribution < -0.4 is 10.2 Å². The van der Waals surface area contributed by atoms with E-state index in [9.17, 15) is 4.39 Å². The third-order valence-corrected chi connectivity index (χ3v) is 7.50. The van der Waals surface area contributed by atoms with E-state index in [0.717, 1.165) is 44.4 Å². The molecule has 3 fully saturated rings. The third-order valence-electron chi connectivity index (χ3n) is 7.50. The van der Waals surface area contributed by atoms with Gasteiger partial charge < -0.3 is 20.0 Å². The van der Waals surface area contributed by atoms with Crippen LogP contribution in [0.4, 0.5) is 10.1 Å². The second-order valence-electron chi connectivity index (χ2n) is 9.43. The minimum atomic E-state index is -0.177. The number of likely N-dealkylation sites (tertiary alicyclic amines) is 2. The molecule has 172 valence electrons. The molecule has 3 aliphatic rings. The van der Waals surface area contributed by atoms with Gasteiger partial charge in [0.2, 0.25) is 0 Å². The highest BCUT2D eigenvalue weighted by atomic mass is 19.1. The van der Waals surface area contributed by atoms with Crippen molar-refractivity contribution in [2.45, 2.75) is 37.6 Å². The van der Waals surface area contributed by atoms with Gasteiger partial charge in [0.05, 0.1) is 0 Å². The van der Waals surface area contributed by atoms with Crippen molar-refractivity contribution in [2.24, 2.45) is 4.99 Å². The first kappa shape index (κ1) is 22.3. The Morgan fingerprint density at radius 3 is 2.19 bits per heavy atom. The van der Waals surface area contributed by atoms with Crippen molar-refractivity contribution < 1.29 is 4.39 Å². The first-order chi connectivity index (χ1) is 15.1. The molecule has 0 amide bonds. The molecule has 0 aromatic heterocycles. The molecule has 6 nitrogen and oxygen atoms in total. The van der Waals surface area contributed by atoms with E-state index in [2.05, 4.69) is 37.0 Å². The SMILES string of the molecule is CN=C(NCC1(N2CCCCC2)CCN(C)CC1)N1CCN(c2ccc(F)cc2)CC1. The van der Waals surface area contributed by atoms with E-state index in [-0.39, 0.29) is 11.4 Å². The zero-order valence-electron chi connectivity index (χ0n) is 19.3. The number of anilines is 1. The zero-order chi connectivity index (χ0) is 21.7. The highest BCUT2D eigenvalue weighted by Gasteiger charge is 2.40. The highest BCUT2D eigenvalue weighted by molar-refractivity contribution is 5.80. The quantitative estimate of drug-likeness (QED) is 0.587. The molecule has 0 unspecified atom stereocenters. The Balaban J connectivity index is 1.35. The van der Waals surface area contributed by atoms with Gasteiger partial charge in [-0.25, -0.2) is 4.39 Å². The summed E-state index contributed by atoms with van der Waals surface area (Å²) in [5.74, 6) is 0.845. The van der Waals surface area contributed by atoms with Gasteiger partial charge in [-0.15, -0.1) is 0 Å². The monoisotopic (exact) mass is 430 g/mol. The average Bonchev–Trinajstić information content (AvgIpc) is 2.82. The van der Waals surface area contributed by atoms with Crippen LogP contribution in [0.25, 0.3) is 0 Å². The van der Waals surface area contributed by atoms with Crippen LogP contribution in [-0.2, 0) is 0 Å². The third kappa shape index (κ3) is 5.32. The average molecular weight is 431 g/mol. The van der Waals surface area contributed by atoms with Gasteiger partial charge >= 0.3 is 0 Å². The first-order valence-electron chi connectivity index (χ1n) is 12.0. The van der Waals surface area contributed by atoms with Crippen molar-refractivity contribution in [3.63, 3.8) is 0 Å². The fourth-order valence-electron chi connectivity index (χ4n) is 5.41. The van der Waals surface area contributed by atoms with Gasteiger partial charge in [-0.05, 0) is 83.2 Å². The summed E-state index contributed by atoms with van der Waals surface area (Å²) in [5, 5.41) is 3.77. The molecule has 1 aromatic rings. The Morgan fingerprint density at radius 2 is 1.58 bits per heavy atom. The molecule has 0 radical (unpaired) electrons. The molecule has 4 rings (SSSR count). The molecule has 3 heterocycles. The molecule has 7 heteroatoms. The molecule has 0 bridgehead atoms. The lowest BCUT2D eigenvalue weighted by atomic mass is 9.84. The minimum absolute atomic E-state index is 0.177. The Hall–Kier alpha value is -1.86. The predicted molar refractivity (Wildman–Crippen MR) is 126 cm³/mol. The lowest BCUT2D eigenvalue weighted by Gasteiger charge is -2.50. The van der Waals surface area contributed by atoms with E-state index in [1.54, 1.807) is 12.1 Å². The van der Waals surface area contributed by atoms with Crippen molar-refractivity contribution in [2.75, 3.05) is 77.9 Å². The zero-order valence-corrected chi connectivity index (χ0v) is 19.3. The molecule has 1 N–H and O–H groups in total. The minimum Gasteiger partial charge on any atom is -0.368 e. The number of rotatable bonds is 4. The standard InChI is InChI=1S/C24H39FN6/c1-26-23(30-18-16-29(17-19-30)22-8-6-21(25)7-9-22)27-20-24(10-14-28(2)15-11-24)31-12-4-3-5-13-31/h6-9H,3-5,10-20H2,1-2H3,(H,26,27). The Bertz CT molecular complexity index is 714. The molecule has 1 aromatic carbocycles. The molecule has 0 aliphatic carbocycles. The molecular formula is C24H39FN6. The molecule has 3 saturated heterocycles. The van der Waals surface area contributed by atoms with Crippen LogP contribution in [0.2, 0.25) is 0 Å². The number of hydrogen-bond donors (Lipinski definition) is 1. The van der Waals surface area contributed by atoms with Gasteiger partial charge in [0.25, 0.3) is 0 Å². The lowest BCUT2D eigenvalue weighted by molar-refractivity contribution is 0.0169. The van der Waals surface area contributed by atoms with Crippen LogP contribution in [0, 0.1) is 5.82 Å². The maximum Gasteiger partial charge on any atom is 0.193 e. The number of guanidine groups is 1. The topological polar surface area (TPSA) is 37.4 Å². The van der Waals surface area contributed by atoms with Gasteiger partial charge in [-0.3, -0.25) is 9.89 Å². The molecule has 0 saturated carbocycles. The number of piperidine rings is 2. The lowest BCUT2D eigenvalue weighted by Crippen LogP contribution is -2.63. The van der Waals surface area contributed by atoms with Gasteiger partial charge in [0.15, 0.2) is 5.96 Å². The van der Waals surface area contributed by atoms with Crippen molar-refractivity contribution in [3.05, 3.63) is 30.1 Å². The summed E-state index contributed by atoms with van der Waals surface area (Å²) >= 11 is 0. The van der Waals surface area contributed by atoms with E-state index in [0.29, 0.717) is 0 Å². The van der Waals surface area contributed by atoms with Gasteiger partial charge in [0.1, 0.15) is 5.82 Å². The number of aliphatic imine (C=N–C) groups is 1. The van der Waals surface area contributed by atoms with Crippen molar-refractivity contribution in [1.29, 1.82) is 0 Å². The van der Waals surface area contributed by atoms with E-state index < -0.39 is 0 Å². The number of hydrogen-bond acceptors (Lipinski definition) is 4. The number of nitrogens with one attached hydrogen (secondary N) is 1. The van der Waals surface area contributed by atoms with E-state index in [1.807, 2.05) is 19.2 Å². The van der Waals surface area contributed by atoms with Crippen LogP contribution in [0.5, 0.6) is 0 Å². The van der Waals surface area contributed by atoms with Crippen LogP contribution in [0.1, 0.15) is 32.1 Å². The van der Waals surface area contributed by atoms with Crippen molar-refractivity contribution >= 4 is 11.6 Å². The van der Waals surface area contributed by atoms with Crippen LogP contribution in [0.15, 0.2) is 29.3 Å². The van der Waals surface area contributed by atoms with Crippen molar-refractivity contribution in [1.82, 2.24) is 20.0 Å². The summed E-state index contributed by atoms with van der Waals surface area (Å²) in [4.78, 5) is 14.6. The molecular weight excluding hydrogens is 391 g/mol. The number of benzene rings is 1. The number of piperazine rings is 1. The van der Waals surface area contributed by atoms with Crippen LogP contribution >= 0.6 is 0 Å². The van der Waals surface area contributed by atoms with Gasteiger partial charge in [-0.2, -0.15) is 0 Å². The van der Waals surface area contributed by atoms with Gasteiger partial charge in [0, 0.05) is 51.0 Å². The van der Waals surface area contributed by atoms with E-state index in [1.165, 1.54) is 58.3 Å². The smallest absolute Gasteiger partial charge is 0.193 e. The largest absolute Gasteiger partial charge is 0.368 e. The highest BCUT2D eigenvalue weighted by Crippen LogP contribution is 2.31. The molecule has 3 aliphatic heterocycles. The fourth-order valence-corrected chi connectivity index (χ4v) is 5.41. The Morgan fingerprint density at radius 1 is 0.935 bits per heavy atom. The van der Waals surface area contributed by atoms with Crippen LogP contribution in [0.3, 0.4) is 0 Å². The molecule has 0 atom stereocenters. The number of halogens is 1. The van der Waals surface area contributed by atoms with E-state index >= 15 is 0 Å². The maximum atomic E-state index is 13.2. The summed E-state index contributed by atoms with van der Waals surface area (Å²) in [7, 11) is 4.14. The second kappa shape index (κ2) is 10.2. The summed E-state index contributed by atoms with van der Waals surface area (Å²) in [6.07, 6.45) is 6.49. The molecule has 0 spiro atoms. The summed E-state index contributed by atoms with van der Waals surface area (Å²) < 4.78 is 13.2. The van der Waals surface area contributed by atoms with Gasteiger partial charge in [-0.1, -0.05) is 6.42 Å². The van der Waals surface area contributed by atoms with Crippen LogP contribution in [-0.4, -0.2) is 99.2 Å². The second-order valence-corrected chi connectivity index (χ2v) is 9.43. The first-order valence-corrected chi connectivity index (χ1v) is 12.0. The molecule has 31 heavy (non-hydrogen) atoms. The fraction of sp³-hybridized carbons (Fsp3) is 0.708. The maximum absolute atomic E-state index is 13.2. The summed E-state index contributed by atoms with van der Waals surface area (Å²) in [5.41, 5.74) is 1.35. The number of nitrogens with zero attached hydrogens (tertiary/aromatic N) is 5. The van der Waals surface area contributed by atoms with E-state index in [4.69, 9.17) is 0 Å². The predicted octanol–water partition coefficient (Wildman–Crippen LogP) is 2.47. The summed E-state index contributed by atoms with van der Waals surface area (Å²) in [6.45, 7) is 9.50. The normalized spacial score (nSPS) is 23.8.